The van der Waals surface area contributed by atoms with E-state index in [1.807, 2.05) is 69.4 Å². The van der Waals surface area contributed by atoms with E-state index in [0.29, 0.717) is 11.4 Å². The highest BCUT2D eigenvalue weighted by Gasteiger charge is 2.23. The smallest absolute Gasteiger partial charge is 0.241 e. The molecule has 6 heteroatoms. The van der Waals surface area contributed by atoms with E-state index in [2.05, 4.69) is 4.72 Å². The number of nitrogens with zero attached hydrogens (tertiary/aromatic N) is 1. The molecule has 1 aromatic carbocycles. The van der Waals surface area contributed by atoms with Crippen LogP contribution in [0.4, 0.5) is 0 Å². The van der Waals surface area contributed by atoms with E-state index in [1.165, 1.54) is 0 Å². The second-order valence-electron chi connectivity index (χ2n) is 6.07. The molecular formula is C17H24N2O2S2. The number of nitrogens with one attached hydrogen (secondary N) is 1. The summed E-state index contributed by atoms with van der Waals surface area (Å²) in [5, 5.41) is 2.01. The second kappa shape index (κ2) is 7.13. The zero-order valence-electron chi connectivity index (χ0n) is 14.3. The molecule has 1 aromatic heterocycles. The minimum absolute atomic E-state index is 0.0239. The van der Waals surface area contributed by atoms with Crippen molar-refractivity contribution in [3.8, 4) is 0 Å². The van der Waals surface area contributed by atoms with Gasteiger partial charge in [0.15, 0.2) is 0 Å². The fraction of sp³-hybridized carbons (Fsp3) is 0.412. The Morgan fingerprint density at radius 3 is 2.26 bits per heavy atom. The van der Waals surface area contributed by atoms with Crippen molar-refractivity contribution in [1.82, 2.24) is 9.62 Å². The average molecular weight is 353 g/mol. The van der Waals surface area contributed by atoms with Crippen molar-refractivity contribution in [2.24, 2.45) is 0 Å². The first-order chi connectivity index (χ1) is 10.7. The van der Waals surface area contributed by atoms with E-state index in [0.717, 1.165) is 21.6 Å². The molecule has 2 rings (SSSR count). The number of benzene rings is 1. The molecule has 0 saturated carbocycles. The van der Waals surface area contributed by atoms with Crippen LogP contribution >= 0.6 is 11.3 Å². The first kappa shape index (κ1) is 18.1. The minimum atomic E-state index is -3.53. The number of aryl methyl sites for hydroxylation is 3. The molecule has 0 aliphatic rings. The summed E-state index contributed by atoms with van der Waals surface area (Å²) in [6.45, 7) is 6.01. The van der Waals surface area contributed by atoms with E-state index in [9.17, 15) is 8.42 Å². The molecule has 1 unspecified atom stereocenters. The van der Waals surface area contributed by atoms with Gasteiger partial charge in [-0.15, -0.1) is 11.3 Å². The van der Waals surface area contributed by atoms with Crippen molar-refractivity contribution < 1.29 is 8.42 Å². The topological polar surface area (TPSA) is 49.4 Å². The summed E-state index contributed by atoms with van der Waals surface area (Å²) in [5.74, 6) is 0. The Labute approximate surface area is 143 Å². The maximum absolute atomic E-state index is 12.8. The molecule has 4 nitrogen and oxygen atoms in total. The molecule has 1 N–H and O–H groups in total. The number of rotatable bonds is 6. The Morgan fingerprint density at radius 1 is 1.17 bits per heavy atom. The Morgan fingerprint density at radius 2 is 1.78 bits per heavy atom. The Kier molecular flexibility index (Phi) is 5.62. The molecule has 1 heterocycles. The van der Waals surface area contributed by atoms with Gasteiger partial charge in [-0.1, -0.05) is 23.8 Å². The lowest BCUT2D eigenvalue weighted by molar-refractivity contribution is 0.303. The van der Waals surface area contributed by atoms with Crippen LogP contribution in [0, 0.1) is 20.8 Å². The highest BCUT2D eigenvalue weighted by Crippen LogP contribution is 2.25. The summed E-state index contributed by atoms with van der Waals surface area (Å²) in [6, 6.07) is 7.86. The van der Waals surface area contributed by atoms with Crippen molar-refractivity contribution >= 4 is 21.4 Å². The molecule has 0 saturated heterocycles. The van der Waals surface area contributed by atoms with Gasteiger partial charge in [0.05, 0.1) is 10.9 Å². The summed E-state index contributed by atoms with van der Waals surface area (Å²) in [6.07, 6.45) is 0. The third kappa shape index (κ3) is 4.20. The average Bonchev–Trinajstić information content (AvgIpc) is 2.90. The van der Waals surface area contributed by atoms with E-state index in [-0.39, 0.29) is 6.04 Å². The summed E-state index contributed by atoms with van der Waals surface area (Å²) >= 11 is 1.64. The first-order valence-electron chi connectivity index (χ1n) is 7.49. The van der Waals surface area contributed by atoms with Crippen LogP contribution < -0.4 is 4.72 Å². The van der Waals surface area contributed by atoms with Gasteiger partial charge in [0, 0.05) is 11.4 Å². The van der Waals surface area contributed by atoms with Crippen LogP contribution in [0.25, 0.3) is 0 Å². The lowest BCUT2D eigenvalue weighted by Gasteiger charge is -2.24. The lowest BCUT2D eigenvalue weighted by Crippen LogP contribution is -2.34. The van der Waals surface area contributed by atoms with Crippen LogP contribution in [0.1, 0.15) is 27.6 Å². The van der Waals surface area contributed by atoms with Crippen LogP contribution in [-0.2, 0) is 10.0 Å². The third-order valence-electron chi connectivity index (χ3n) is 3.84. The summed E-state index contributed by atoms with van der Waals surface area (Å²) in [7, 11) is 0.389. The highest BCUT2D eigenvalue weighted by atomic mass is 32.2. The molecule has 2 aromatic rings. The third-order valence-corrected chi connectivity index (χ3v) is 6.54. The van der Waals surface area contributed by atoms with Crippen LogP contribution in [0.2, 0.25) is 0 Å². The lowest BCUT2D eigenvalue weighted by atomic mass is 10.1. The van der Waals surface area contributed by atoms with E-state index < -0.39 is 10.0 Å². The van der Waals surface area contributed by atoms with Gasteiger partial charge in [0.1, 0.15) is 0 Å². The molecule has 126 valence electrons. The first-order valence-corrected chi connectivity index (χ1v) is 9.86. The number of likely N-dealkylation sites (N-methyl/N-ethyl adjacent to an activating group) is 1. The van der Waals surface area contributed by atoms with Crippen LogP contribution in [0.3, 0.4) is 0 Å². The largest absolute Gasteiger partial charge is 0.300 e. The Balaban J connectivity index is 2.25. The van der Waals surface area contributed by atoms with E-state index in [1.54, 1.807) is 11.3 Å². The molecule has 0 fully saturated rings. The number of thiophene rings is 1. The van der Waals surface area contributed by atoms with Gasteiger partial charge in [0.25, 0.3) is 0 Å². The molecule has 1 atom stereocenters. The zero-order chi connectivity index (χ0) is 17.2. The van der Waals surface area contributed by atoms with Crippen LogP contribution in [0.15, 0.2) is 34.5 Å². The predicted octanol–water partition coefficient (Wildman–Crippen LogP) is 3.25. The predicted molar refractivity (Wildman–Crippen MR) is 96.6 cm³/mol. The van der Waals surface area contributed by atoms with Gasteiger partial charge >= 0.3 is 0 Å². The van der Waals surface area contributed by atoms with Crippen molar-refractivity contribution in [3.63, 3.8) is 0 Å². The monoisotopic (exact) mass is 352 g/mol. The van der Waals surface area contributed by atoms with Gasteiger partial charge in [-0.25, -0.2) is 13.1 Å². The van der Waals surface area contributed by atoms with Gasteiger partial charge in [-0.05, 0) is 57.4 Å². The Hall–Kier alpha value is -1.21. The summed E-state index contributed by atoms with van der Waals surface area (Å²) in [5.41, 5.74) is 2.64. The van der Waals surface area contributed by atoms with Crippen molar-refractivity contribution in [3.05, 3.63) is 51.2 Å². The zero-order valence-corrected chi connectivity index (χ0v) is 15.9. The molecule has 0 bridgehead atoms. The quantitative estimate of drug-likeness (QED) is 0.868. The minimum Gasteiger partial charge on any atom is -0.300 e. The van der Waals surface area contributed by atoms with Gasteiger partial charge in [-0.2, -0.15) is 0 Å². The SMILES string of the molecule is Cc1cc(C)c(S(=O)(=O)NCC(c2cccs2)N(C)C)c(C)c1. The summed E-state index contributed by atoms with van der Waals surface area (Å²) in [4.78, 5) is 3.57. The number of hydrogen-bond donors (Lipinski definition) is 1. The fourth-order valence-corrected chi connectivity index (χ4v) is 5.28. The molecule has 23 heavy (non-hydrogen) atoms. The Bertz CT molecular complexity index is 743. The maximum Gasteiger partial charge on any atom is 0.241 e. The molecule has 0 spiro atoms. The molecule has 0 aliphatic carbocycles. The molecule has 0 amide bonds. The van der Waals surface area contributed by atoms with Gasteiger partial charge in [0.2, 0.25) is 10.0 Å². The fourth-order valence-electron chi connectivity index (χ4n) is 2.87. The normalized spacial score (nSPS) is 13.5. The molecular weight excluding hydrogens is 328 g/mol. The van der Waals surface area contributed by atoms with Gasteiger partial charge < -0.3 is 4.90 Å². The van der Waals surface area contributed by atoms with E-state index >= 15 is 0 Å². The van der Waals surface area contributed by atoms with Crippen LogP contribution in [0.5, 0.6) is 0 Å². The second-order valence-corrected chi connectivity index (χ2v) is 8.76. The standard InChI is InChI=1S/C17H24N2O2S2/c1-12-9-13(2)17(14(3)10-12)23(20,21)18-11-15(19(4)5)16-7-6-8-22-16/h6-10,15,18H,11H2,1-5H3. The van der Waals surface area contributed by atoms with Crippen molar-refractivity contribution in [2.75, 3.05) is 20.6 Å². The number of sulfonamides is 1. The van der Waals surface area contributed by atoms with Crippen molar-refractivity contribution in [1.29, 1.82) is 0 Å². The summed E-state index contributed by atoms with van der Waals surface area (Å²) < 4.78 is 28.3. The van der Waals surface area contributed by atoms with Gasteiger partial charge in [-0.3, -0.25) is 0 Å². The van der Waals surface area contributed by atoms with Crippen LogP contribution in [-0.4, -0.2) is 34.0 Å². The highest BCUT2D eigenvalue weighted by molar-refractivity contribution is 7.89. The molecule has 0 radical (unpaired) electrons. The number of hydrogen-bond acceptors (Lipinski definition) is 4. The maximum atomic E-state index is 12.8. The molecule has 0 aliphatic heterocycles. The van der Waals surface area contributed by atoms with E-state index in [4.69, 9.17) is 0 Å². The van der Waals surface area contributed by atoms with Crippen molar-refractivity contribution in [2.45, 2.75) is 31.7 Å².